The number of hydrogen-bond acceptors (Lipinski definition) is 3. The number of aliphatic hydroxyl groups excluding tert-OH is 1. The van der Waals surface area contributed by atoms with E-state index in [1.165, 1.54) is 12.1 Å². The molecule has 0 heterocycles. The monoisotopic (exact) mass is 295 g/mol. The quantitative estimate of drug-likeness (QED) is 0.885. The molecule has 3 nitrogen and oxygen atoms in total. The smallest absolute Gasteiger partial charge is 0.181 e. The van der Waals surface area contributed by atoms with Crippen molar-refractivity contribution >= 4 is 11.6 Å². The molecule has 3 N–H and O–H groups in total. The molecule has 0 saturated carbocycles. The van der Waals surface area contributed by atoms with Crippen LogP contribution >= 0.6 is 11.6 Å². The highest BCUT2D eigenvalue weighted by atomic mass is 35.5. The first-order valence-electron chi connectivity index (χ1n) is 6.20. The fourth-order valence-electron chi connectivity index (χ4n) is 1.83. The van der Waals surface area contributed by atoms with Gasteiger partial charge in [0.15, 0.2) is 11.6 Å². The van der Waals surface area contributed by atoms with Gasteiger partial charge in [0.2, 0.25) is 0 Å². The van der Waals surface area contributed by atoms with E-state index in [1.807, 2.05) is 6.07 Å². The number of hydrogen-bond donors (Lipinski definition) is 2. The van der Waals surface area contributed by atoms with Crippen LogP contribution in [0.2, 0.25) is 5.02 Å². The lowest BCUT2D eigenvalue weighted by atomic mass is 10.0. The second-order valence-electron chi connectivity index (χ2n) is 4.31. The molecule has 20 heavy (non-hydrogen) atoms. The van der Waals surface area contributed by atoms with Crippen LogP contribution in [-0.4, -0.2) is 11.7 Å². The highest BCUT2D eigenvalue weighted by Gasteiger charge is 2.18. The molecule has 0 aromatic heterocycles. The van der Waals surface area contributed by atoms with E-state index in [0.29, 0.717) is 5.75 Å². The molecule has 0 aliphatic rings. The number of aliphatic hydroxyl groups is 1. The van der Waals surface area contributed by atoms with Crippen LogP contribution in [0, 0.1) is 5.82 Å². The second kappa shape index (κ2) is 6.70. The van der Waals surface area contributed by atoms with Crippen molar-refractivity contribution in [2.45, 2.75) is 12.5 Å². The van der Waals surface area contributed by atoms with Crippen LogP contribution in [-0.2, 0) is 0 Å². The maximum atomic E-state index is 14.4. The lowest BCUT2D eigenvalue weighted by molar-refractivity contribution is 0.275. The van der Waals surface area contributed by atoms with Gasteiger partial charge in [0.25, 0.3) is 0 Å². The summed E-state index contributed by atoms with van der Waals surface area (Å²) in [7, 11) is 0. The second-order valence-corrected chi connectivity index (χ2v) is 4.72. The standard InChI is InChI=1S/C15H15ClFNO2/c16-12-7-6-11(13(18)8-9-19)14(17)15(12)20-10-4-2-1-3-5-10/h1-7,13,19H,8-9,18H2/t13-/m1/s1. The molecular weight excluding hydrogens is 281 g/mol. The molecule has 0 unspecified atom stereocenters. The van der Waals surface area contributed by atoms with Gasteiger partial charge in [-0.15, -0.1) is 0 Å². The summed E-state index contributed by atoms with van der Waals surface area (Å²) in [5, 5.41) is 9.06. The van der Waals surface area contributed by atoms with Gasteiger partial charge in [0.1, 0.15) is 5.75 Å². The van der Waals surface area contributed by atoms with E-state index in [4.69, 9.17) is 27.2 Å². The van der Waals surface area contributed by atoms with Crippen molar-refractivity contribution < 1.29 is 14.2 Å². The lowest BCUT2D eigenvalue weighted by Crippen LogP contribution is -2.14. The van der Waals surface area contributed by atoms with E-state index < -0.39 is 11.9 Å². The third-order valence-electron chi connectivity index (χ3n) is 2.88. The molecule has 2 aromatic carbocycles. The summed E-state index contributed by atoms with van der Waals surface area (Å²) >= 11 is 5.98. The van der Waals surface area contributed by atoms with Crippen molar-refractivity contribution in [3.05, 3.63) is 58.9 Å². The Morgan fingerprint density at radius 2 is 1.90 bits per heavy atom. The van der Waals surface area contributed by atoms with Gasteiger partial charge in [-0.2, -0.15) is 0 Å². The largest absolute Gasteiger partial charge is 0.453 e. The van der Waals surface area contributed by atoms with Gasteiger partial charge < -0.3 is 15.6 Å². The molecule has 0 aliphatic heterocycles. The molecule has 0 bridgehead atoms. The van der Waals surface area contributed by atoms with Crippen molar-refractivity contribution in [1.29, 1.82) is 0 Å². The summed E-state index contributed by atoms with van der Waals surface area (Å²) in [6, 6.07) is 11.2. The van der Waals surface area contributed by atoms with Crippen LogP contribution in [0.4, 0.5) is 4.39 Å². The van der Waals surface area contributed by atoms with Crippen molar-refractivity contribution in [2.24, 2.45) is 5.73 Å². The van der Waals surface area contributed by atoms with Crippen LogP contribution in [0.15, 0.2) is 42.5 Å². The number of nitrogens with two attached hydrogens (primary N) is 1. The molecular formula is C15H15ClFNO2. The molecule has 0 spiro atoms. The van der Waals surface area contributed by atoms with Gasteiger partial charge in [0, 0.05) is 18.2 Å². The van der Waals surface area contributed by atoms with Gasteiger partial charge in [-0.25, -0.2) is 4.39 Å². The Morgan fingerprint density at radius 3 is 2.55 bits per heavy atom. The Morgan fingerprint density at radius 1 is 1.20 bits per heavy atom. The average Bonchev–Trinajstić information content (AvgIpc) is 2.45. The normalized spacial score (nSPS) is 12.2. The molecule has 106 valence electrons. The van der Waals surface area contributed by atoms with Crippen LogP contribution in [0.5, 0.6) is 11.5 Å². The molecule has 0 aliphatic carbocycles. The minimum absolute atomic E-state index is 0.0521. The Balaban J connectivity index is 2.35. The Bertz CT molecular complexity index is 578. The Kier molecular flexibility index (Phi) is 4.95. The van der Waals surface area contributed by atoms with Crippen LogP contribution in [0.3, 0.4) is 0 Å². The van der Waals surface area contributed by atoms with E-state index >= 15 is 0 Å². The summed E-state index contributed by atoms with van der Waals surface area (Å²) in [6.07, 6.45) is 0.267. The highest BCUT2D eigenvalue weighted by Crippen LogP contribution is 2.35. The van der Waals surface area contributed by atoms with E-state index in [1.54, 1.807) is 24.3 Å². The summed E-state index contributed by atoms with van der Waals surface area (Å²) in [4.78, 5) is 0. The summed E-state index contributed by atoms with van der Waals surface area (Å²) in [6.45, 7) is -0.113. The van der Waals surface area contributed by atoms with Gasteiger partial charge in [0.05, 0.1) is 5.02 Å². The van der Waals surface area contributed by atoms with Crippen LogP contribution in [0.1, 0.15) is 18.0 Å². The van der Waals surface area contributed by atoms with E-state index in [9.17, 15) is 4.39 Å². The molecule has 5 heteroatoms. The van der Waals surface area contributed by atoms with Crippen molar-refractivity contribution in [2.75, 3.05) is 6.61 Å². The number of rotatable bonds is 5. The Hall–Kier alpha value is -1.62. The molecule has 2 rings (SSSR count). The van der Waals surface area contributed by atoms with Gasteiger partial charge in [-0.1, -0.05) is 35.9 Å². The van der Waals surface area contributed by atoms with E-state index in [2.05, 4.69) is 0 Å². The van der Waals surface area contributed by atoms with Gasteiger partial charge in [-0.05, 0) is 24.6 Å². The predicted molar refractivity (Wildman–Crippen MR) is 76.6 cm³/mol. The van der Waals surface area contributed by atoms with Gasteiger partial charge in [-0.3, -0.25) is 0 Å². The van der Waals surface area contributed by atoms with Crippen molar-refractivity contribution in [1.82, 2.24) is 0 Å². The minimum Gasteiger partial charge on any atom is -0.453 e. The lowest BCUT2D eigenvalue weighted by Gasteiger charge is -2.15. The first kappa shape index (κ1) is 14.8. The Labute approximate surface area is 121 Å². The molecule has 0 fully saturated rings. The number of ether oxygens (including phenoxy) is 1. The van der Waals surface area contributed by atoms with E-state index in [-0.39, 0.29) is 29.4 Å². The fourth-order valence-corrected chi connectivity index (χ4v) is 2.01. The topological polar surface area (TPSA) is 55.5 Å². The molecule has 0 amide bonds. The van der Waals surface area contributed by atoms with Crippen LogP contribution in [0.25, 0.3) is 0 Å². The summed E-state index contributed by atoms with van der Waals surface area (Å²) in [5.74, 6) is -0.160. The molecule has 0 radical (unpaired) electrons. The maximum absolute atomic E-state index is 14.4. The SMILES string of the molecule is N[C@H](CCO)c1ccc(Cl)c(Oc2ccccc2)c1F. The predicted octanol–water partition coefficient (Wildman–Crippen LogP) is 3.65. The van der Waals surface area contributed by atoms with Crippen LogP contribution < -0.4 is 10.5 Å². The minimum atomic E-state index is -0.601. The maximum Gasteiger partial charge on any atom is 0.181 e. The number of halogens is 2. The third kappa shape index (κ3) is 3.28. The zero-order valence-corrected chi connectivity index (χ0v) is 11.5. The third-order valence-corrected chi connectivity index (χ3v) is 3.18. The number of para-hydroxylation sites is 1. The fraction of sp³-hybridized carbons (Fsp3) is 0.200. The highest BCUT2D eigenvalue weighted by molar-refractivity contribution is 6.32. The van der Waals surface area contributed by atoms with Crippen molar-refractivity contribution in [3.8, 4) is 11.5 Å². The average molecular weight is 296 g/mol. The number of benzene rings is 2. The van der Waals surface area contributed by atoms with Crippen molar-refractivity contribution in [3.63, 3.8) is 0 Å². The molecule has 2 aromatic rings. The summed E-state index contributed by atoms with van der Waals surface area (Å²) < 4.78 is 19.9. The molecule has 0 saturated heterocycles. The first-order valence-corrected chi connectivity index (χ1v) is 6.58. The van der Waals surface area contributed by atoms with Gasteiger partial charge >= 0.3 is 0 Å². The zero-order chi connectivity index (χ0) is 14.5. The van der Waals surface area contributed by atoms with E-state index in [0.717, 1.165) is 0 Å². The zero-order valence-electron chi connectivity index (χ0n) is 10.7. The first-order chi connectivity index (χ1) is 9.63. The molecule has 1 atom stereocenters. The summed E-state index contributed by atoms with van der Waals surface area (Å²) in [5.41, 5.74) is 6.09.